The van der Waals surface area contributed by atoms with Gasteiger partial charge < -0.3 is 0 Å². The Kier molecular flexibility index (Phi) is 6.75. The van der Waals surface area contributed by atoms with Crippen molar-refractivity contribution < 1.29 is 0 Å². The van der Waals surface area contributed by atoms with E-state index in [4.69, 9.17) is 9.97 Å². The number of rotatable bonds is 4. The maximum atomic E-state index is 4.81. The van der Waals surface area contributed by atoms with Gasteiger partial charge in [-0.15, -0.1) is 11.3 Å². The van der Waals surface area contributed by atoms with Crippen LogP contribution in [0.2, 0.25) is 0 Å². The molecular formula is C53H32N2S. The third-order valence-corrected chi connectivity index (χ3v) is 13.3. The molecule has 260 valence electrons. The lowest BCUT2D eigenvalue weighted by Gasteiger charge is -2.34. The quantitative estimate of drug-likeness (QED) is 0.169. The van der Waals surface area contributed by atoms with Gasteiger partial charge in [-0.05, 0) is 90.7 Å². The highest BCUT2D eigenvalue weighted by Gasteiger charge is 2.46. The van der Waals surface area contributed by atoms with Crippen molar-refractivity contribution in [3.63, 3.8) is 0 Å². The smallest absolute Gasteiger partial charge is 0.0971 e. The lowest BCUT2D eigenvalue weighted by Crippen LogP contribution is -2.28. The molecule has 0 saturated heterocycles. The van der Waals surface area contributed by atoms with Crippen LogP contribution in [0.4, 0.5) is 0 Å². The second kappa shape index (κ2) is 12.0. The van der Waals surface area contributed by atoms with E-state index in [1.807, 2.05) is 11.3 Å². The number of benzene rings is 9. The number of fused-ring (bicyclic) bond motifs is 12. The molecule has 0 saturated carbocycles. The molecule has 2 heterocycles. The first-order valence-electron chi connectivity index (χ1n) is 19.1. The molecular weight excluding hydrogens is 697 g/mol. The van der Waals surface area contributed by atoms with Crippen LogP contribution in [-0.4, -0.2) is 9.97 Å². The SMILES string of the molecule is c1ccc(C2(c3ccccc3)c3cc(-c4ccc5c(c4)c4ccccc4c4nccnc54)ccc3-c3ccc(-c4cccc5c4sc4ccccc45)cc32)cc1. The van der Waals surface area contributed by atoms with E-state index in [1.165, 1.54) is 86.6 Å². The number of nitrogens with zero attached hydrogens (tertiary/aromatic N) is 2. The summed E-state index contributed by atoms with van der Waals surface area (Å²) in [5.74, 6) is 0. The van der Waals surface area contributed by atoms with Crippen molar-refractivity contribution in [3.05, 3.63) is 217 Å². The molecule has 11 aromatic rings. The Morgan fingerprint density at radius 1 is 0.357 bits per heavy atom. The van der Waals surface area contributed by atoms with Crippen molar-refractivity contribution in [1.29, 1.82) is 0 Å². The molecule has 0 unspecified atom stereocenters. The molecule has 0 fully saturated rings. The zero-order chi connectivity index (χ0) is 36.8. The minimum atomic E-state index is -0.539. The Hall–Kier alpha value is -6.94. The highest BCUT2D eigenvalue weighted by molar-refractivity contribution is 7.26. The fourth-order valence-corrected chi connectivity index (χ4v) is 10.9. The van der Waals surface area contributed by atoms with E-state index in [1.54, 1.807) is 12.4 Å². The Balaban J connectivity index is 1.12. The lowest BCUT2D eigenvalue weighted by atomic mass is 9.67. The molecule has 1 aliphatic carbocycles. The van der Waals surface area contributed by atoms with Crippen molar-refractivity contribution in [2.24, 2.45) is 0 Å². The van der Waals surface area contributed by atoms with E-state index in [0.717, 1.165) is 21.8 Å². The van der Waals surface area contributed by atoms with Crippen molar-refractivity contribution in [3.8, 4) is 33.4 Å². The second-order valence-corrected chi connectivity index (χ2v) is 15.9. The monoisotopic (exact) mass is 728 g/mol. The molecule has 0 spiro atoms. The molecule has 0 aliphatic heterocycles. The fraction of sp³-hybridized carbons (Fsp3) is 0.0189. The van der Waals surface area contributed by atoms with E-state index in [0.29, 0.717) is 0 Å². The summed E-state index contributed by atoms with van der Waals surface area (Å²) < 4.78 is 2.65. The molecule has 3 heteroatoms. The summed E-state index contributed by atoms with van der Waals surface area (Å²) in [4.78, 5) is 9.57. The van der Waals surface area contributed by atoms with Gasteiger partial charge in [0.2, 0.25) is 0 Å². The highest BCUT2D eigenvalue weighted by atomic mass is 32.1. The Bertz CT molecular complexity index is 3290. The first-order chi connectivity index (χ1) is 27.8. The van der Waals surface area contributed by atoms with Crippen molar-refractivity contribution in [1.82, 2.24) is 9.97 Å². The van der Waals surface area contributed by atoms with Crippen molar-refractivity contribution >= 4 is 64.1 Å². The molecule has 0 atom stereocenters. The average molecular weight is 729 g/mol. The molecule has 2 aromatic heterocycles. The van der Waals surface area contributed by atoms with Crippen LogP contribution in [0, 0.1) is 0 Å². The van der Waals surface area contributed by atoms with E-state index < -0.39 is 5.41 Å². The molecule has 0 amide bonds. The predicted octanol–water partition coefficient (Wildman–Crippen LogP) is 14.0. The normalized spacial score (nSPS) is 13.1. The van der Waals surface area contributed by atoms with Gasteiger partial charge in [0.05, 0.1) is 16.4 Å². The summed E-state index contributed by atoms with van der Waals surface area (Å²) in [5.41, 5.74) is 13.9. The molecule has 0 bridgehead atoms. The maximum Gasteiger partial charge on any atom is 0.0971 e. The molecule has 0 N–H and O–H groups in total. The van der Waals surface area contributed by atoms with Crippen LogP contribution >= 0.6 is 11.3 Å². The summed E-state index contributed by atoms with van der Waals surface area (Å²) in [7, 11) is 0. The third-order valence-electron chi connectivity index (χ3n) is 12.0. The van der Waals surface area contributed by atoms with Crippen molar-refractivity contribution in [2.75, 3.05) is 0 Å². The molecule has 56 heavy (non-hydrogen) atoms. The van der Waals surface area contributed by atoms with Gasteiger partial charge in [0, 0.05) is 43.3 Å². The van der Waals surface area contributed by atoms with Gasteiger partial charge in [-0.25, -0.2) is 0 Å². The van der Waals surface area contributed by atoms with Gasteiger partial charge in [0.15, 0.2) is 0 Å². The third kappa shape index (κ3) is 4.38. The number of thiophene rings is 1. The second-order valence-electron chi connectivity index (χ2n) is 14.8. The molecule has 9 aromatic carbocycles. The first kappa shape index (κ1) is 31.4. The zero-order valence-corrected chi connectivity index (χ0v) is 31.1. The standard InChI is InChI=1S/C53H32N2S/c1-3-12-36(13-4-1)53(37-14-5-2-6-15-37)47-31-34(33-23-27-44-46(30-33)39-16-7-8-18-43(39)50-51(44)55-29-28-54-50)22-25-40(47)41-26-24-35(32-48(41)53)38-19-11-20-45-42-17-9-10-21-49(42)56-52(38)45/h1-32H. The minimum absolute atomic E-state index is 0.539. The first-order valence-corrected chi connectivity index (χ1v) is 20.0. The van der Waals surface area contributed by atoms with Gasteiger partial charge in [0.25, 0.3) is 0 Å². The Morgan fingerprint density at radius 2 is 0.893 bits per heavy atom. The van der Waals surface area contributed by atoms with E-state index in [2.05, 4.69) is 182 Å². The van der Waals surface area contributed by atoms with Crippen LogP contribution in [0.3, 0.4) is 0 Å². The molecule has 0 radical (unpaired) electrons. The van der Waals surface area contributed by atoms with Gasteiger partial charge >= 0.3 is 0 Å². The Labute approximate surface area is 328 Å². The molecule has 12 rings (SSSR count). The highest BCUT2D eigenvalue weighted by Crippen LogP contribution is 2.58. The number of hydrogen-bond donors (Lipinski definition) is 0. The average Bonchev–Trinajstić information content (AvgIpc) is 3.80. The van der Waals surface area contributed by atoms with Gasteiger partial charge in [-0.1, -0.05) is 158 Å². The van der Waals surface area contributed by atoms with Crippen LogP contribution in [0.15, 0.2) is 194 Å². The zero-order valence-electron chi connectivity index (χ0n) is 30.3. The van der Waals surface area contributed by atoms with Crippen molar-refractivity contribution in [2.45, 2.75) is 5.41 Å². The topological polar surface area (TPSA) is 25.8 Å². The largest absolute Gasteiger partial charge is 0.252 e. The van der Waals surface area contributed by atoms with Crippen LogP contribution in [0.1, 0.15) is 22.3 Å². The van der Waals surface area contributed by atoms with Gasteiger partial charge in [0.1, 0.15) is 0 Å². The lowest BCUT2D eigenvalue weighted by molar-refractivity contribution is 0.769. The summed E-state index contributed by atoms with van der Waals surface area (Å²) in [6, 6.07) is 67.6. The Morgan fingerprint density at radius 3 is 1.61 bits per heavy atom. The van der Waals surface area contributed by atoms with Gasteiger partial charge in [-0.3, -0.25) is 9.97 Å². The summed E-state index contributed by atoms with van der Waals surface area (Å²) in [6.07, 6.45) is 3.58. The van der Waals surface area contributed by atoms with E-state index in [-0.39, 0.29) is 0 Å². The molecule has 2 nitrogen and oxygen atoms in total. The predicted molar refractivity (Wildman–Crippen MR) is 236 cm³/mol. The van der Waals surface area contributed by atoms with Crippen LogP contribution in [0.25, 0.3) is 86.1 Å². The molecule has 1 aliphatic rings. The summed E-state index contributed by atoms with van der Waals surface area (Å²) in [6.45, 7) is 0. The maximum absolute atomic E-state index is 4.81. The minimum Gasteiger partial charge on any atom is -0.252 e. The summed E-state index contributed by atoms with van der Waals surface area (Å²) in [5, 5.41) is 7.26. The number of hydrogen-bond acceptors (Lipinski definition) is 3. The van der Waals surface area contributed by atoms with Crippen LogP contribution in [0.5, 0.6) is 0 Å². The van der Waals surface area contributed by atoms with Crippen LogP contribution in [-0.2, 0) is 5.41 Å². The fourth-order valence-electron chi connectivity index (χ4n) is 9.62. The van der Waals surface area contributed by atoms with E-state index >= 15 is 0 Å². The van der Waals surface area contributed by atoms with Gasteiger partial charge in [-0.2, -0.15) is 0 Å². The van der Waals surface area contributed by atoms with E-state index in [9.17, 15) is 0 Å². The number of aromatic nitrogens is 2. The van der Waals surface area contributed by atoms with Crippen LogP contribution < -0.4 is 0 Å². The summed E-state index contributed by atoms with van der Waals surface area (Å²) >= 11 is 1.89.